The van der Waals surface area contributed by atoms with Crippen LogP contribution in [0.5, 0.6) is 0 Å². The first-order chi connectivity index (χ1) is 6.20. The van der Waals surface area contributed by atoms with Gasteiger partial charge in [0.25, 0.3) is 0 Å². The Hall–Kier alpha value is -0.0800. The summed E-state index contributed by atoms with van der Waals surface area (Å²) in [6.07, 6.45) is 4.22. The van der Waals surface area contributed by atoms with E-state index in [9.17, 15) is 0 Å². The summed E-state index contributed by atoms with van der Waals surface area (Å²) >= 11 is 0. The van der Waals surface area contributed by atoms with Crippen molar-refractivity contribution in [3.8, 4) is 0 Å². The van der Waals surface area contributed by atoms with E-state index in [4.69, 9.17) is 9.47 Å². The third-order valence-corrected chi connectivity index (χ3v) is 3.19. The van der Waals surface area contributed by atoms with Crippen LogP contribution in [0.4, 0.5) is 0 Å². The van der Waals surface area contributed by atoms with Crippen LogP contribution in [-0.4, -0.2) is 25.9 Å². The number of ether oxygens (including phenoxy) is 2. The minimum absolute atomic E-state index is 0.544. The lowest BCUT2D eigenvalue weighted by Crippen LogP contribution is -2.55. The summed E-state index contributed by atoms with van der Waals surface area (Å²) in [4.78, 5) is 0. The van der Waals surface area contributed by atoms with Crippen molar-refractivity contribution in [1.29, 1.82) is 0 Å². The Morgan fingerprint density at radius 3 is 2.54 bits per heavy atom. The van der Waals surface area contributed by atoms with Crippen molar-refractivity contribution in [2.75, 3.05) is 19.8 Å². The molecule has 1 aliphatic heterocycles. The number of hydrogen-bond donors (Lipinski definition) is 0. The lowest BCUT2D eigenvalue weighted by Gasteiger charge is -2.52. The summed E-state index contributed by atoms with van der Waals surface area (Å²) < 4.78 is 11.0. The van der Waals surface area contributed by atoms with Gasteiger partial charge in [-0.1, -0.05) is 13.8 Å². The van der Waals surface area contributed by atoms with Crippen LogP contribution < -0.4 is 0 Å². The molecular formula is C11H20O2. The summed E-state index contributed by atoms with van der Waals surface area (Å²) in [5.74, 6) is 0.765. The fraction of sp³-hybridized carbons (Fsp3) is 1.00. The number of rotatable bonds is 4. The summed E-state index contributed by atoms with van der Waals surface area (Å²) in [6.45, 7) is 7.39. The van der Waals surface area contributed by atoms with Crippen molar-refractivity contribution < 1.29 is 9.47 Å². The van der Waals surface area contributed by atoms with Gasteiger partial charge < -0.3 is 9.47 Å². The molecule has 0 aromatic rings. The largest absolute Gasteiger partial charge is 0.380 e. The van der Waals surface area contributed by atoms with Gasteiger partial charge in [0.2, 0.25) is 0 Å². The Balaban J connectivity index is 1.54. The van der Waals surface area contributed by atoms with Crippen LogP contribution in [0, 0.1) is 11.3 Å². The molecule has 76 valence electrons. The lowest BCUT2D eigenvalue weighted by molar-refractivity contribution is -0.209. The van der Waals surface area contributed by atoms with E-state index in [0.717, 1.165) is 25.7 Å². The zero-order chi connectivity index (χ0) is 9.31. The molecule has 0 bridgehead atoms. The van der Waals surface area contributed by atoms with Gasteiger partial charge >= 0.3 is 0 Å². The molecule has 0 aromatic heterocycles. The highest BCUT2D eigenvalue weighted by Gasteiger charge is 2.50. The van der Waals surface area contributed by atoms with E-state index in [1.54, 1.807) is 0 Å². The fourth-order valence-electron chi connectivity index (χ4n) is 2.12. The highest BCUT2D eigenvalue weighted by atomic mass is 16.5. The second-order valence-electron chi connectivity index (χ2n) is 5.08. The van der Waals surface area contributed by atoms with E-state index in [1.807, 2.05) is 0 Å². The second-order valence-corrected chi connectivity index (χ2v) is 5.08. The quantitative estimate of drug-likeness (QED) is 0.667. The van der Waals surface area contributed by atoms with E-state index in [0.29, 0.717) is 11.5 Å². The van der Waals surface area contributed by atoms with Crippen LogP contribution in [0.3, 0.4) is 0 Å². The highest BCUT2D eigenvalue weighted by Crippen LogP contribution is 2.48. The molecule has 2 aliphatic rings. The Morgan fingerprint density at radius 1 is 1.38 bits per heavy atom. The van der Waals surface area contributed by atoms with E-state index < -0.39 is 0 Å². The maximum absolute atomic E-state index is 5.76. The van der Waals surface area contributed by atoms with Gasteiger partial charge in [-0.05, 0) is 25.2 Å². The molecule has 1 saturated carbocycles. The first kappa shape index (κ1) is 9.47. The van der Waals surface area contributed by atoms with E-state index in [2.05, 4.69) is 13.8 Å². The van der Waals surface area contributed by atoms with Gasteiger partial charge in [-0.25, -0.2) is 0 Å². The molecule has 13 heavy (non-hydrogen) atoms. The smallest absolute Gasteiger partial charge is 0.0589 e. The molecule has 1 saturated heterocycles. The number of hydrogen-bond acceptors (Lipinski definition) is 2. The molecule has 0 aromatic carbocycles. The van der Waals surface area contributed by atoms with Gasteiger partial charge in [0, 0.05) is 12.0 Å². The maximum Gasteiger partial charge on any atom is 0.0589 e. The maximum atomic E-state index is 5.76. The fourth-order valence-corrected chi connectivity index (χ4v) is 2.12. The average molecular weight is 184 g/mol. The van der Waals surface area contributed by atoms with Crippen LogP contribution in [-0.2, 0) is 9.47 Å². The van der Waals surface area contributed by atoms with Gasteiger partial charge in [-0.2, -0.15) is 0 Å². The molecule has 2 rings (SSSR count). The van der Waals surface area contributed by atoms with Crippen molar-refractivity contribution in [3.05, 3.63) is 0 Å². The molecule has 0 unspecified atom stereocenters. The van der Waals surface area contributed by atoms with Crippen molar-refractivity contribution in [2.24, 2.45) is 11.3 Å². The minimum Gasteiger partial charge on any atom is -0.380 e. The molecule has 1 aliphatic carbocycles. The zero-order valence-electron chi connectivity index (χ0n) is 8.71. The normalized spacial score (nSPS) is 26.1. The molecular weight excluding hydrogens is 164 g/mol. The van der Waals surface area contributed by atoms with E-state index in [1.165, 1.54) is 19.3 Å². The Morgan fingerprint density at radius 2 is 2.08 bits per heavy atom. The molecule has 1 heterocycles. The third-order valence-electron chi connectivity index (χ3n) is 3.19. The molecule has 2 fully saturated rings. The molecule has 0 amide bonds. The SMILES string of the molecule is CC(C)CCOC1CC2(COC2)C1. The van der Waals surface area contributed by atoms with Crippen molar-refractivity contribution in [3.63, 3.8) is 0 Å². The second kappa shape index (κ2) is 3.58. The monoisotopic (exact) mass is 184 g/mol. The molecule has 0 N–H and O–H groups in total. The van der Waals surface area contributed by atoms with Crippen LogP contribution >= 0.6 is 0 Å². The summed E-state index contributed by atoms with van der Waals surface area (Å²) in [5, 5.41) is 0. The predicted molar refractivity (Wildman–Crippen MR) is 51.7 cm³/mol. The van der Waals surface area contributed by atoms with Crippen molar-refractivity contribution in [2.45, 2.75) is 39.2 Å². The summed E-state index contributed by atoms with van der Waals surface area (Å²) in [7, 11) is 0. The van der Waals surface area contributed by atoms with Gasteiger partial charge in [0.1, 0.15) is 0 Å². The van der Waals surface area contributed by atoms with Crippen molar-refractivity contribution >= 4 is 0 Å². The highest BCUT2D eigenvalue weighted by molar-refractivity contribution is 4.98. The van der Waals surface area contributed by atoms with Crippen LogP contribution in [0.15, 0.2) is 0 Å². The van der Waals surface area contributed by atoms with Gasteiger partial charge in [-0.15, -0.1) is 0 Å². The summed E-state index contributed by atoms with van der Waals surface area (Å²) in [5.41, 5.74) is 0.558. The Kier molecular flexibility index (Phi) is 2.61. The van der Waals surface area contributed by atoms with Crippen molar-refractivity contribution in [1.82, 2.24) is 0 Å². The molecule has 0 atom stereocenters. The molecule has 0 radical (unpaired) electrons. The lowest BCUT2D eigenvalue weighted by atomic mass is 9.65. The van der Waals surface area contributed by atoms with Crippen LogP contribution in [0.1, 0.15) is 33.1 Å². The zero-order valence-corrected chi connectivity index (χ0v) is 8.71. The topological polar surface area (TPSA) is 18.5 Å². The molecule has 2 nitrogen and oxygen atoms in total. The first-order valence-corrected chi connectivity index (χ1v) is 5.40. The van der Waals surface area contributed by atoms with E-state index in [-0.39, 0.29) is 0 Å². The van der Waals surface area contributed by atoms with E-state index >= 15 is 0 Å². The van der Waals surface area contributed by atoms with Gasteiger partial charge in [0.05, 0.1) is 19.3 Å². The first-order valence-electron chi connectivity index (χ1n) is 5.40. The van der Waals surface area contributed by atoms with Crippen LogP contribution in [0.2, 0.25) is 0 Å². The summed E-state index contributed by atoms with van der Waals surface area (Å²) in [6, 6.07) is 0. The molecule has 1 spiro atoms. The standard InChI is InChI=1S/C11H20O2/c1-9(2)3-4-13-10-5-11(6-10)7-12-8-11/h9-10H,3-8H2,1-2H3. The van der Waals surface area contributed by atoms with Crippen LogP contribution in [0.25, 0.3) is 0 Å². The predicted octanol–water partition coefficient (Wildman–Crippen LogP) is 2.23. The third kappa shape index (κ3) is 2.05. The van der Waals surface area contributed by atoms with Gasteiger partial charge in [-0.3, -0.25) is 0 Å². The van der Waals surface area contributed by atoms with Gasteiger partial charge in [0.15, 0.2) is 0 Å². The average Bonchev–Trinajstić information content (AvgIpc) is 1.89. The minimum atomic E-state index is 0.544. The molecule has 2 heteroatoms. The Labute approximate surface area is 80.6 Å². The Bertz CT molecular complexity index is 165.